The van der Waals surface area contributed by atoms with Crippen molar-refractivity contribution in [3.05, 3.63) is 28.2 Å². The van der Waals surface area contributed by atoms with Gasteiger partial charge < -0.3 is 5.32 Å². The Balaban J connectivity index is 2.74. The second-order valence-corrected chi connectivity index (χ2v) is 6.05. The molecule has 1 aromatic rings. The lowest BCUT2D eigenvalue weighted by molar-refractivity contribution is -0.117. The van der Waals surface area contributed by atoms with E-state index in [1.54, 1.807) is 0 Å². The van der Waals surface area contributed by atoms with Crippen molar-refractivity contribution >= 4 is 27.5 Å². The number of benzene rings is 1. The highest BCUT2D eigenvalue weighted by Gasteiger charge is 2.16. The maximum absolute atomic E-state index is 11.8. The Bertz CT molecular complexity index is 393. The zero-order valence-corrected chi connectivity index (χ0v) is 11.8. The van der Waals surface area contributed by atoms with Crippen molar-refractivity contribution < 1.29 is 4.79 Å². The second-order valence-electron chi connectivity index (χ2n) is 5.20. The molecule has 0 saturated heterocycles. The fourth-order valence-corrected chi connectivity index (χ4v) is 1.79. The molecule has 88 valence electrons. The number of nitrogens with one attached hydrogen (secondary N) is 1. The van der Waals surface area contributed by atoms with Gasteiger partial charge in [-0.2, -0.15) is 0 Å². The van der Waals surface area contributed by atoms with Crippen LogP contribution in [-0.4, -0.2) is 5.91 Å². The fraction of sp³-hybridized carbons (Fsp3) is 0.462. The van der Waals surface area contributed by atoms with Crippen LogP contribution in [0.25, 0.3) is 0 Å². The molecule has 1 aromatic carbocycles. The van der Waals surface area contributed by atoms with E-state index in [1.165, 1.54) is 0 Å². The van der Waals surface area contributed by atoms with Crippen molar-refractivity contribution in [3.63, 3.8) is 0 Å². The summed E-state index contributed by atoms with van der Waals surface area (Å²) in [7, 11) is 0. The zero-order valence-electron chi connectivity index (χ0n) is 10.2. The third-order valence-electron chi connectivity index (χ3n) is 2.23. The van der Waals surface area contributed by atoms with E-state index in [1.807, 2.05) is 25.1 Å². The van der Waals surface area contributed by atoms with Gasteiger partial charge in [-0.3, -0.25) is 4.79 Å². The maximum atomic E-state index is 11.8. The Morgan fingerprint density at radius 3 is 2.56 bits per heavy atom. The van der Waals surface area contributed by atoms with Crippen LogP contribution < -0.4 is 5.32 Å². The van der Waals surface area contributed by atoms with E-state index in [4.69, 9.17) is 0 Å². The number of hydrogen-bond acceptors (Lipinski definition) is 1. The summed E-state index contributed by atoms with van der Waals surface area (Å²) in [6.45, 7) is 8.15. The van der Waals surface area contributed by atoms with Crippen molar-refractivity contribution in [2.45, 2.75) is 34.1 Å². The summed E-state index contributed by atoms with van der Waals surface area (Å²) in [6, 6.07) is 5.80. The highest BCUT2D eigenvalue weighted by atomic mass is 79.9. The molecule has 0 aliphatic carbocycles. The van der Waals surface area contributed by atoms with Crippen LogP contribution in [0.15, 0.2) is 22.7 Å². The first-order valence-electron chi connectivity index (χ1n) is 5.34. The molecule has 0 aliphatic rings. The van der Waals surface area contributed by atoms with Crippen molar-refractivity contribution in [2.75, 3.05) is 5.32 Å². The van der Waals surface area contributed by atoms with Gasteiger partial charge in [-0.15, -0.1) is 0 Å². The van der Waals surface area contributed by atoms with Crippen molar-refractivity contribution in [2.24, 2.45) is 5.41 Å². The Morgan fingerprint density at radius 1 is 1.38 bits per heavy atom. The van der Waals surface area contributed by atoms with Gasteiger partial charge in [0.15, 0.2) is 0 Å². The first-order chi connectivity index (χ1) is 7.29. The van der Waals surface area contributed by atoms with Gasteiger partial charge >= 0.3 is 0 Å². The molecule has 3 heteroatoms. The molecule has 16 heavy (non-hydrogen) atoms. The fourth-order valence-electron chi connectivity index (χ4n) is 1.42. The van der Waals surface area contributed by atoms with E-state index in [-0.39, 0.29) is 11.3 Å². The van der Waals surface area contributed by atoms with Crippen LogP contribution in [-0.2, 0) is 4.79 Å². The van der Waals surface area contributed by atoms with E-state index in [9.17, 15) is 4.79 Å². The molecule has 1 amide bonds. The summed E-state index contributed by atoms with van der Waals surface area (Å²) in [4.78, 5) is 11.8. The Morgan fingerprint density at radius 2 is 2.00 bits per heavy atom. The van der Waals surface area contributed by atoms with Crippen LogP contribution in [0.5, 0.6) is 0 Å². The molecule has 0 aliphatic heterocycles. The molecule has 0 fully saturated rings. The lowest BCUT2D eigenvalue weighted by Crippen LogP contribution is -2.20. The average Bonchev–Trinajstić information content (AvgIpc) is 2.09. The van der Waals surface area contributed by atoms with Gasteiger partial charge in [0.2, 0.25) is 5.91 Å². The molecule has 0 saturated carbocycles. The molecule has 1 rings (SSSR count). The Hall–Kier alpha value is -0.830. The summed E-state index contributed by atoms with van der Waals surface area (Å²) < 4.78 is 1.01. The second kappa shape index (κ2) is 5.00. The summed E-state index contributed by atoms with van der Waals surface area (Å²) in [5.41, 5.74) is 1.96. The van der Waals surface area contributed by atoms with E-state index in [0.29, 0.717) is 6.42 Å². The third-order valence-corrected chi connectivity index (χ3v) is 3.09. The quantitative estimate of drug-likeness (QED) is 0.869. The number of anilines is 1. The van der Waals surface area contributed by atoms with Crippen LogP contribution in [0.3, 0.4) is 0 Å². The first kappa shape index (κ1) is 13.2. The largest absolute Gasteiger partial charge is 0.326 e. The van der Waals surface area contributed by atoms with E-state index < -0.39 is 0 Å². The van der Waals surface area contributed by atoms with Crippen molar-refractivity contribution in [1.29, 1.82) is 0 Å². The predicted molar refractivity (Wildman–Crippen MR) is 71.6 cm³/mol. The maximum Gasteiger partial charge on any atom is 0.224 e. The predicted octanol–water partition coefficient (Wildman–Crippen LogP) is 4.13. The van der Waals surface area contributed by atoms with Crippen LogP contribution in [0.2, 0.25) is 0 Å². The molecule has 0 unspecified atom stereocenters. The molecule has 0 radical (unpaired) electrons. The smallest absolute Gasteiger partial charge is 0.224 e. The SMILES string of the molecule is Cc1c(Br)cccc1NC(=O)CC(C)(C)C. The van der Waals surface area contributed by atoms with Crippen molar-refractivity contribution in [1.82, 2.24) is 0 Å². The van der Waals surface area contributed by atoms with Gasteiger partial charge in [0.05, 0.1) is 0 Å². The lowest BCUT2D eigenvalue weighted by atomic mass is 9.92. The molecule has 0 atom stereocenters. The summed E-state index contributed by atoms with van der Waals surface area (Å²) in [5.74, 6) is 0.0636. The van der Waals surface area contributed by atoms with Gasteiger partial charge in [0.1, 0.15) is 0 Å². The van der Waals surface area contributed by atoms with Gasteiger partial charge in [-0.05, 0) is 30.0 Å². The average molecular weight is 284 g/mol. The number of carbonyl (C=O) groups is 1. The Kier molecular flexibility index (Phi) is 4.14. The van der Waals surface area contributed by atoms with Crippen LogP contribution >= 0.6 is 15.9 Å². The Labute approximate surface area is 106 Å². The molecule has 0 heterocycles. The standard InChI is InChI=1S/C13H18BrNO/c1-9-10(14)6-5-7-11(9)15-12(16)8-13(2,3)4/h5-7H,8H2,1-4H3,(H,15,16). The normalized spacial score (nSPS) is 11.3. The van der Waals surface area contributed by atoms with Gasteiger partial charge in [-0.25, -0.2) is 0 Å². The minimum absolute atomic E-state index is 0.0179. The monoisotopic (exact) mass is 283 g/mol. The molecule has 0 spiro atoms. The number of carbonyl (C=O) groups excluding carboxylic acids is 1. The molecule has 2 nitrogen and oxygen atoms in total. The minimum Gasteiger partial charge on any atom is -0.326 e. The van der Waals surface area contributed by atoms with Gasteiger partial charge in [-0.1, -0.05) is 42.8 Å². The van der Waals surface area contributed by atoms with Gasteiger partial charge in [0, 0.05) is 16.6 Å². The lowest BCUT2D eigenvalue weighted by Gasteiger charge is -2.18. The van der Waals surface area contributed by atoms with Crippen LogP contribution in [0.4, 0.5) is 5.69 Å². The minimum atomic E-state index is 0.0179. The molecule has 1 N–H and O–H groups in total. The highest BCUT2D eigenvalue weighted by molar-refractivity contribution is 9.10. The van der Waals surface area contributed by atoms with Crippen molar-refractivity contribution in [3.8, 4) is 0 Å². The first-order valence-corrected chi connectivity index (χ1v) is 6.14. The molecule has 0 bridgehead atoms. The molecule has 0 aromatic heterocycles. The number of halogens is 1. The molecular weight excluding hydrogens is 266 g/mol. The van der Waals surface area contributed by atoms with E-state index in [2.05, 4.69) is 42.0 Å². The zero-order chi connectivity index (χ0) is 12.3. The highest BCUT2D eigenvalue weighted by Crippen LogP contribution is 2.25. The summed E-state index contributed by atoms with van der Waals surface area (Å²) >= 11 is 3.45. The van der Waals surface area contributed by atoms with Gasteiger partial charge in [0.25, 0.3) is 0 Å². The third kappa shape index (κ3) is 3.97. The van der Waals surface area contributed by atoms with Crippen LogP contribution in [0.1, 0.15) is 32.8 Å². The van der Waals surface area contributed by atoms with E-state index in [0.717, 1.165) is 15.7 Å². The topological polar surface area (TPSA) is 29.1 Å². The number of amides is 1. The number of rotatable bonds is 2. The summed E-state index contributed by atoms with van der Waals surface area (Å²) in [6.07, 6.45) is 0.527. The molecular formula is C13H18BrNO. The van der Waals surface area contributed by atoms with Crippen LogP contribution in [0, 0.1) is 12.3 Å². The summed E-state index contributed by atoms with van der Waals surface area (Å²) in [5, 5.41) is 2.94. The van der Waals surface area contributed by atoms with E-state index >= 15 is 0 Å². The number of hydrogen-bond donors (Lipinski definition) is 1.